The molecule has 10 heteroatoms. The molecule has 1 fully saturated rings. The second-order valence-electron chi connectivity index (χ2n) is 5.94. The number of anilines is 1. The van der Waals surface area contributed by atoms with Gasteiger partial charge >= 0.3 is 11.7 Å². The van der Waals surface area contributed by atoms with Gasteiger partial charge in [0.05, 0.1) is 28.3 Å². The van der Waals surface area contributed by atoms with Gasteiger partial charge < -0.3 is 9.64 Å². The third-order valence-electron chi connectivity index (χ3n) is 4.19. The van der Waals surface area contributed by atoms with Gasteiger partial charge in [-0.25, -0.2) is 14.8 Å². The fraction of sp³-hybridized carbons (Fsp3) is 0.438. The first kappa shape index (κ1) is 18.2. The van der Waals surface area contributed by atoms with Crippen molar-refractivity contribution >= 4 is 28.8 Å². The predicted molar refractivity (Wildman–Crippen MR) is 96.6 cm³/mol. The van der Waals surface area contributed by atoms with Crippen molar-refractivity contribution in [1.29, 1.82) is 0 Å². The molecule has 0 spiro atoms. The molecule has 0 unspecified atom stereocenters. The zero-order valence-electron chi connectivity index (χ0n) is 14.5. The highest BCUT2D eigenvalue weighted by molar-refractivity contribution is 7.09. The van der Waals surface area contributed by atoms with Gasteiger partial charge in [-0.3, -0.25) is 15.0 Å². The maximum Gasteiger partial charge on any atom is 0.339 e. The lowest BCUT2D eigenvalue weighted by Gasteiger charge is -2.34. The summed E-state index contributed by atoms with van der Waals surface area (Å²) in [6, 6.07) is 1.22. The molecular weight excluding hydrogens is 358 g/mol. The van der Waals surface area contributed by atoms with Gasteiger partial charge in [-0.05, 0) is 6.92 Å². The van der Waals surface area contributed by atoms with Crippen molar-refractivity contribution in [1.82, 2.24) is 14.9 Å². The van der Waals surface area contributed by atoms with Crippen molar-refractivity contribution in [2.24, 2.45) is 0 Å². The minimum absolute atomic E-state index is 0.0699. The number of carbonyl (C=O) groups is 1. The fourth-order valence-electron chi connectivity index (χ4n) is 2.88. The van der Waals surface area contributed by atoms with E-state index < -0.39 is 10.9 Å². The van der Waals surface area contributed by atoms with Crippen molar-refractivity contribution in [2.75, 3.05) is 38.2 Å². The number of ether oxygens (including phenoxy) is 1. The second-order valence-corrected chi connectivity index (χ2v) is 7.00. The highest BCUT2D eigenvalue weighted by Gasteiger charge is 2.27. The molecule has 0 bridgehead atoms. The number of hydrogen-bond donors (Lipinski definition) is 0. The molecule has 0 atom stereocenters. The zero-order chi connectivity index (χ0) is 18.7. The van der Waals surface area contributed by atoms with Crippen molar-refractivity contribution in [2.45, 2.75) is 13.5 Å². The van der Waals surface area contributed by atoms with Crippen LogP contribution in [0.25, 0.3) is 0 Å². The molecule has 0 aliphatic carbocycles. The average Bonchev–Trinajstić information content (AvgIpc) is 3.06. The summed E-state index contributed by atoms with van der Waals surface area (Å²) in [5.74, 6) is -0.359. The van der Waals surface area contributed by atoms with Crippen LogP contribution in [0.15, 0.2) is 17.6 Å². The van der Waals surface area contributed by atoms with Gasteiger partial charge in [-0.2, -0.15) is 0 Å². The van der Waals surface area contributed by atoms with E-state index in [0.29, 0.717) is 13.1 Å². The molecule has 0 radical (unpaired) electrons. The fourth-order valence-corrected chi connectivity index (χ4v) is 3.48. The Morgan fingerprint density at radius 2 is 2.12 bits per heavy atom. The lowest BCUT2D eigenvalue weighted by Crippen LogP contribution is -2.46. The predicted octanol–water partition coefficient (Wildman–Crippen LogP) is 1.86. The standard InChI is InChI=1S/C16H19N5O4S/c1-11-18-13(10-26-11)9-19-3-5-20(6-4-19)15-14(21(23)24)7-12(8-17-15)16(22)25-2/h7-8,10H,3-6,9H2,1-2H3. The van der Waals surface area contributed by atoms with E-state index in [1.165, 1.54) is 19.4 Å². The smallest absolute Gasteiger partial charge is 0.339 e. The number of esters is 1. The molecule has 138 valence electrons. The normalized spacial score (nSPS) is 15.1. The average molecular weight is 377 g/mol. The number of aromatic nitrogens is 2. The molecule has 3 heterocycles. The summed E-state index contributed by atoms with van der Waals surface area (Å²) in [5.41, 5.74) is 0.935. The molecule has 2 aromatic rings. The summed E-state index contributed by atoms with van der Waals surface area (Å²) in [7, 11) is 1.23. The molecule has 9 nitrogen and oxygen atoms in total. The number of rotatable bonds is 5. The summed E-state index contributed by atoms with van der Waals surface area (Å²) in [4.78, 5) is 35.2. The van der Waals surface area contributed by atoms with E-state index >= 15 is 0 Å². The van der Waals surface area contributed by atoms with Crippen molar-refractivity contribution < 1.29 is 14.5 Å². The Hall–Kier alpha value is -2.59. The molecule has 1 aliphatic heterocycles. The van der Waals surface area contributed by atoms with E-state index in [-0.39, 0.29) is 17.1 Å². The van der Waals surface area contributed by atoms with Crippen LogP contribution in [0, 0.1) is 17.0 Å². The van der Waals surface area contributed by atoms with E-state index in [1.807, 2.05) is 11.8 Å². The van der Waals surface area contributed by atoms with E-state index in [9.17, 15) is 14.9 Å². The Kier molecular flexibility index (Phi) is 5.43. The third kappa shape index (κ3) is 3.97. The molecule has 0 N–H and O–H groups in total. The Morgan fingerprint density at radius 3 is 2.69 bits per heavy atom. The molecule has 0 aromatic carbocycles. The van der Waals surface area contributed by atoms with Crippen LogP contribution < -0.4 is 4.90 Å². The number of thiazole rings is 1. The molecule has 0 amide bonds. The Labute approximate surface area is 154 Å². The van der Waals surface area contributed by atoms with Gasteiger partial charge in [0.15, 0.2) is 0 Å². The molecule has 0 saturated carbocycles. The molecule has 3 rings (SSSR count). The first-order valence-corrected chi connectivity index (χ1v) is 8.97. The SMILES string of the molecule is COC(=O)c1cnc(N2CCN(Cc3csc(C)n3)CC2)c([N+](=O)[O-])c1. The maximum atomic E-state index is 11.6. The van der Waals surface area contributed by atoms with Crippen LogP contribution in [0.3, 0.4) is 0 Å². The summed E-state index contributed by atoms with van der Waals surface area (Å²) in [5, 5.41) is 14.5. The van der Waals surface area contributed by atoms with E-state index in [0.717, 1.165) is 30.3 Å². The lowest BCUT2D eigenvalue weighted by molar-refractivity contribution is -0.384. The van der Waals surface area contributed by atoms with Gasteiger partial charge in [0.25, 0.3) is 0 Å². The van der Waals surface area contributed by atoms with E-state index in [4.69, 9.17) is 0 Å². The van der Waals surface area contributed by atoms with E-state index in [1.54, 1.807) is 11.3 Å². The number of piperazine rings is 1. The number of aryl methyl sites for hydroxylation is 1. The molecule has 1 aliphatic rings. The van der Waals surface area contributed by atoms with Crippen LogP contribution in [0.1, 0.15) is 21.1 Å². The van der Waals surface area contributed by atoms with Gasteiger partial charge in [0, 0.05) is 50.4 Å². The molecule has 2 aromatic heterocycles. The van der Waals surface area contributed by atoms with Gasteiger partial charge in [0.1, 0.15) is 0 Å². The summed E-state index contributed by atoms with van der Waals surface area (Å²) in [6.07, 6.45) is 1.32. The van der Waals surface area contributed by atoms with Crippen LogP contribution in [0.2, 0.25) is 0 Å². The van der Waals surface area contributed by atoms with Crippen molar-refractivity contribution in [3.63, 3.8) is 0 Å². The minimum atomic E-state index is -0.643. The first-order chi connectivity index (χ1) is 12.5. The lowest BCUT2D eigenvalue weighted by atomic mass is 10.2. The highest BCUT2D eigenvalue weighted by Crippen LogP contribution is 2.28. The van der Waals surface area contributed by atoms with Crippen LogP contribution in [0.4, 0.5) is 11.5 Å². The number of nitro groups is 1. The first-order valence-electron chi connectivity index (χ1n) is 8.09. The quantitative estimate of drug-likeness (QED) is 0.442. The number of carbonyl (C=O) groups excluding carboxylic acids is 1. The summed E-state index contributed by atoms with van der Waals surface area (Å²) >= 11 is 1.63. The van der Waals surface area contributed by atoms with Crippen LogP contribution in [-0.2, 0) is 11.3 Å². The second kappa shape index (κ2) is 7.75. The third-order valence-corrected chi connectivity index (χ3v) is 5.01. The maximum absolute atomic E-state index is 11.6. The number of nitrogens with zero attached hydrogens (tertiary/aromatic N) is 5. The van der Waals surface area contributed by atoms with Crippen molar-refractivity contribution in [3.05, 3.63) is 44.0 Å². The van der Waals surface area contributed by atoms with Gasteiger partial charge in [-0.1, -0.05) is 0 Å². The van der Waals surface area contributed by atoms with Gasteiger partial charge in [-0.15, -0.1) is 11.3 Å². The summed E-state index contributed by atoms with van der Waals surface area (Å²) in [6.45, 7) is 5.51. The summed E-state index contributed by atoms with van der Waals surface area (Å²) < 4.78 is 4.60. The number of pyridine rings is 1. The van der Waals surface area contributed by atoms with Gasteiger partial charge in [0.2, 0.25) is 5.82 Å². The largest absolute Gasteiger partial charge is 0.465 e. The van der Waals surface area contributed by atoms with Crippen LogP contribution in [0.5, 0.6) is 0 Å². The Balaban J connectivity index is 1.70. The molecular formula is C16H19N5O4S. The van der Waals surface area contributed by atoms with Crippen LogP contribution in [-0.4, -0.2) is 59.0 Å². The van der Waals surface area contributed by atoms with E-state index in [2.05, 4.69) is 25.0 Å². The Morgan fingerprint density at radius 1 is 1.38 bits per heavy atom. The van der Waals surface area contributed by atoms with Crippen molar-refractivity contribution in [3.8, 4) is 0 Å². The number of hydrogen-bond acceptors (Lipinski definition) is 9. The molecule has 1 saturated heterocycles. The molecule has 26 heavy (non-hydrogen) atoms. The highest BCUT2D eigenvalue weighted by atomic mass is 32.1. The van der Waals surface area contributed by atoms with Crippen LogP contribution >= 0.6 is 11.3 Å². The number of methoxy groups -OCH3 is 1. The monoisotopic (exact) mass is 377 g/mol. The topological polar surface area (TPSA) is 102 Å². The Bertz CT molecular complexity index is 817. The minimum Gasteiger partial charge on any atom is -0.465 e. The zero-order valence-corrected chi connectivity index (χ0v) is 15.4.